The average molecular weight is 410 g/mol. The standard InChI is InChI=1S/C23H31N5O2/c1-2-24-23(25-10-12-26-11-9-19-6-3-4-7-20(19)18-26)28-15-13-27(14-16-28)22(29)21-8-5-17-30-21/h3-8,17H,2,9-16,18H2,1H3,(H,24,25). The lowest BCUT2D eigenvalue weighted by Crippen LogP contribution is -2.53. The molecule has 2 aromatic rings. The summed E-state index contributed by atoms with van der Waals surface area (Å²) in [6.07, 6.45) is 2.66. The van der Waals surface area contributed by atoms with Gasteiger partial charge in [-0.15, -0.1) is 0 Å². The monoisotopic (exact) mass is 409 g/mol. The van der Waals surface area contributed by atoms with E-state index in [2.05, 4.69) is 46.3 Å². The zero-order chi connectivity index (χ0) is 20.8. The zero-order valence-electron chi connectivity index (χ0n) is 17.7. The van der Waals surface area contributed by atoms with Crippen molar-refractivity contribution in [3.8, 4) is 0 Å². The van der Waals surface area contributed by atoms with Gasteiger partial charge < -0.3 is 19.5 Å². The number of fused-ring (bicyclic) bond motifs is 1. The number of carbonyl (C=O) groups excluding carboxylic acids is 1. The van der Waals surface area contributed by atoms with Crippen LogP contribution in [0.15, 0.2) is 52.1 Å². The molecule has 0 aliphatic carbocycles. The Morgan fingerprint density at radius 3 is 2.53 bits per heavy atom. The predicted molar refractivity (Wildman–Crippen MR) is 118 cm³/mol. The summed E-state index contributed by atoms with van der Waals surface area (Å²) in [5.74, 6) is 1.32. The Bertz CT molecular complexity index is 856. The Morgan fingerprint density at radius 1 is 1.03 bits per heavy atom. The molecule has 3 heterocycles. The molecule has 4 rings (SSSR count). The van der Waals surface area contributed by atoms with Crippen LogP contribution < -0.4 is 5.32 Å². The summed E-state index contributed by atoms with van der Waals surface area (Å²) in [5.41, 5.74) is 2.92. The number of aliphatic imine (C=N–C) groups is 1. The Labute approximate surface area is 178 Å². The number of rotatable bonds is 5. The second-order valence-electron chi connectivity index (χ2n) is 7.79. The summed E-state index contributed by atoms with van der Waals surface area (Å²) in [7, 11) is 0. The van der Waals surface area contributed by atoms with Crippen molar-refractivity contribution in [3.05, 3.63) is 59.5 Å². The second kappa shape index (κ2) is 9.80. The van der Waals surface area contributed by atoms with Gasteiger partial charge >= 0.3 is 0 Å². The normalized spacial score (nSPS) is 17.7. The van der Waals surface area contributed by atoms with Crippen LogP contribution in [0.2, 0.25) is 0 Å². The molecule has 1 fully saturated rings. The molecule has 30 heavy (non-hydrogen) atoms. The first-order chi connectivity index (χ1) is 14.7. The fraction of sp³-hybridized carbons (Fsp3) is 0.478. The first-order valence-electron chi connectivity index (χ1n) is 10.9. The number of hydrogen-bond donors (Lipinski definition) is 1. The summed E-state index contributed by atoms with van der Waals surface area (Å²) >= 11 is 0. The van der Waals surface area contributed by atoms with Crippen molar-refractivity contribution in [2.45, 2.75) is 19.9 Å². The van der Waals surface area contributed by atoms with Crippen LogP contribution in [0.5, 0.6) is 0 Å². The van der Waals surface area contributed by atoms with Crippen molar-refractivity contribution >= 4 is 11.9 Å². The Kier molecular flexibility index (Phi) is 6.69. The van der Waals surface area contributed by atoms with Gasteiger partial charge in [-0.2, -0.15) is 0 Å². The van der Waals surface area contributed by atoms with Crippen LogP contribution in [0.25, 0.3) is 0 Å². The largest absolute Gasteiger partial charge is 0.459 e. The van der Waals surface area contributed by atoms with Gasteiger partial charge in [-0.05, 0) is 36.6 Å². The molecule has 2 aliphatic heterocycles. The molecule has 0 radical (unpaired) electrons. The molecule has 0 atom stereocenters. The van der Waals surface area contributed by atoms with Gasteiger partial charge in [0.05, 0.1) is 12.8 Å². The smallest absolute Gasteiger partial charge is 0.289 e. The van der Waals surface area contributed by atoms with Crippen molar-refractivity contribution in [3.63, 3.8) is 0 Å². The van der Waals surface area contributed by atoms with Gasteiger partial charge in [-0.25, -0.2) is 0 Å². The fourth-order valence-corrected chi connectivity index (χ4v) is 4.15. The molecule has 1 aromatic carbocycles. The zero-order valence-corrected chi connectivity index (χ0v) is 17.7. The van der Waals surface area contributed by atoms with E-state index in [0.717, 1.165) is 58.2 Å². The summed E-state index contributed by atoms with van der Waals surface area (Å²) in [6.45, 7) is 9.66. The van der Waals surface area contributed by atoms with Crippen LogP contribution in [-0.4, -0.2) is 78.9 Å². The van der Waals surface area contributed by atoms with E-state index in [1.165, 1.54) is 11.1 Å². The Hall–Kier alpha value is -2.80. The molecule has 1 saturated heterocycles. The molecule has 1 amide bonds. The maximum absolute atomic E-state index is 12.5. The third kappa shape index (κ3) is 4.84. The van der Waals surface area contributed by atoms with Crippen LogP contribution in [-0.2, 0) is 13.0 Å². The SMILES string of the molecule is CCNC(=NCCN1CCc2ccccc2C1)N1CCN(C(=O)c2ccco2)CC1. The van der Waals surface area contributed by atoms with Gasteiger partial charge in [0.2, 0.25) is 0 Å². The average Bonchev–Trinajstić information content (AvgIpc) is 3.33. The highest BCUT2D eigenvalue weighted by Crippen LogP contribution is 2.18. The van der Waals surface area contributed by atoms with E-state index in [-0.39, 0.29) is 5.91 Å². The number of benzene rings is 1. The first kappa shape index (κ1) is 20.5. The minimum Gasteiger partial charge on any atom is -0.459 e. The number of nitrogens with one attached hydrogen (secondary N) is 1. The maximum Gasteiger partial charge on any atom is 0.289 e. The molecule has 7 heteroatoms. The van der Waals surface area contributed by atoms with E-state index in [1.807, 2.05) is 4.90 Å². The van der Waals surface area contributed by atoms with Gasteiger partial charge in [-0.3, -0.25) is 14.7 Å². The quantitative estimate of drug-likeness (QED) is 0.605. The highest BCUT2D eigenvalue weighted by Gasteiger charge is 2.25. The maximum atomic E-state index is 12.5. The molecule has 7 nitrogen and oxygen atoms in total. The molecule has 0 spiro atoms. The lowest BCUT2D eigenvalue weighted by atomic mass is 10.00. The molecular weight excluding hydrogens is 378 g/mol. The Morgan fingerprint density at radius 2 is 1.80 bits per heavy atom. The highest BCUT2D eigenvalue weighted by atomic mass is 16.3. The third-order valence-corrected chi connectivity index (χ3v) is 5.82. The molecule has 160 valence electrons. The van der Waals surface area contributed by atoms with Crippen LogP contribution in [0.3, 0.4) is 0 Å². The number of carbonyl (C=O) groups is 1. The fourth-order valence-electron chi connectivity index (χ4n) is 4.15. The van der Waals surface area contributed by atoms with Crippen molar-refractivity contribution in [2.24, 2.45) is 4.99 Å². The molecule has 0 bridgehead atoms. The Balaban J connectivity index is 1.28. The van der Waals surface area contributed by atoms with E-state index >= 15 is 0 Å². The van der Waals surface area contributed by atoms with E-state index in [4.69, 9.17) is 9.41 Å². The molecule has 0 unspecified atom stereocenters. The molecule has 0 saturated carbocycles. The highest BCUT2D eigenvalue weighted by molar-refractivity contribution is 5.91. The van der Waals surface area contributed by atoms with Crippen LogP contribution in [0.1, 0.15) is 28.6 Å². The molecule has 1 N–H and O–H groups in total. The van der Waals surface area contributed by atoms with Gasteiger partial charge in [0.15, 0.2) is 11.7 Å². The van der Waals surface area contributed by atoms with Gasteiger partial charge in [0, 0.05) is 52.4 Å². The van der Waals surface area contributed by atoms with E-state index in [9.17, 15) is 4.79 Å². The predicted octanol–water partition coefficient (Wildman–Crippen LogP) is 2.06. The topological polar surface area (TPSA) is 64.3 Å². The molecule has 2 aliphatic rings. The lowest BCUT2D eigenvalue weighted by molar-refractivity contribution is 0.0657. The third-order valence-electron chi connectivity index (χ3n) is 5.82. The summed E-state index contributed by atoms with van der Waals surface area (Å²) in [4.78, 5) is 23.9. The van der Waals surface area contributed by atoms with Gasteiger partial charge in [-0.1, -0.05) is 24.3 Å². The first-order valence-corrected chi connectivity index (χ1v) is 10.9. The minimum absolute atomic E-state index is 0.0352. The summed E-state index contributed by atoms with van der Waals surface area (Å²) < 4.78 is 5.25. The van der Waals surface area contributed by atoms with Crippen molar-refractivity contribution in [1.82, 2.24) is 20.0 Å². The van der Waals surface area contributed by atoms with Crippen molar-refractivity contribution in [1.29, 1.82) is 0 Å². The molecule has 1 aromatic heterocycles. The summed E-state index contributed by atoms with van der Waals surface area (Å²) in [5, 5.41) is 3.41. The lowest BCUT2D eigenvalue weighted by Gasteiger charge is -2.36. The van der Waals surface area contributed by atoms with Gasteiger partial charge in [0.1, 0.15) is 0 Å². The number of hydrogen-bond acceptors (Lipinski definition) is 4. The molecular formula is C23H31N5O2. The van der Waals surface area contributed by atoms with E-state index < -0.39 is 0 Å². The van der Waals surface area contributed by atoms with E-state index in [1.54, 1.807) is 18.4 Å². The second-order valence-corrected chi connectivity index (χ2v) is 7.79. The number of nitrogens with zero attached hydrogens (tertiary/aromatic N) is 4. The van der Waals surface area contributed by atoms with E-state index in [0.29, 0.717) is 18.8 Å². The van der Waals surface area contributed by atoms with Crippen molar-refractivity contribution in [2.75, 3.05) is 52.4 Å². The number of guanidine groups is 1. The van der Waals surface area contributed by atoms with Crippen LogP contribution in [0, 0.1) is 0 Å². The number of furan rings is 1. The number of amides is 1. The summed E-state index contributed by atoms with van der Waals surface area (Å²) in [6, 6.07) is 12.2. The number of piperazine rings is 1. The van der Waals surface area contributed by atoms with Crippen molar-refractivity contribution < 1.29 is 9.21 Å². The van der Waals surface area contributed by atoms with Crippen LogP contribution >= 0.6 is 0 Å². The minimum atomic E-state index is -0.0352. The van der Waals surface area contributed by atoms with Gasteiger partial charge in [0.25, 0.3) is 5.91 Å². The van der Waals surface area contributed by atoms with Crippen LogP contribution in [0.4, 0.5) is 0 Å².